The summed E-state index contributed by atoms with van der Waals surface area (Å²) in [7, 11) is 0. The average Bonchev–Trinajstić information content (AvgIpc) is 2.33. The van der Waals surface area contributed by atoms with Crippen LogP contribution in [-0.2, 0) is 0 Å². The van der Waals surface area contributed by atoms with Crippen LogP contribution in [-0.4, -0.2) is 10.4 Å². The Bertz CT molecular complexity index is 398. The molecule has 98 valence electrons. The van der Waals surface area contributed by atoms with Crippen LogP contribution in [0.5, 0.6) is 0 Å². The van der Waals surface area contributed by atoms with E-state index in [0.29, 0.717) is 5.25 Å². The Labute approximate surface area is 114 Å². The molecule has 0 spiro atoms. The lowest BCUT2D eigenvalue weighted by Gasteiger charge is -2.15. The third kappa shape index (κ3) is 4.18. The quantitative estimate of drug-likeness (QED) is 0.795. The van der Waals surface area contributed by atoms with Crippen molar-refractivity contribution in [3.05, 3.63) is 42.0 Å². The maximum atomic E-state index is 9.61. The van der Waals surface area contributed by atoms with Crippen molar-refractivity contribution in [1.82, 2.24) is 0 Å². The minimum absolute atomic E-state index is 0.376. The van der Waals surface area contributed by atoms with Crippen molar-refractivity contribution in [3.63, 3.8) is 0 Å². The van der Waals surface area contributed by atoms with Crippen LogP contribution in [0.3, 0.4) is 0 Å². The molecule has 1 aromatic carbocycles. The number of aliphatic hydroxyl groups is 1. The lowest BCUT2D eigenvalue weighted by atomic mass is 10.1. The van der Waals surface area contributed by atoms with E-state index in [9.17, 15) is 5.11 Å². The van der Waals surface area contributed by atoms with Gasteiger partial charge >= 0.3 is 0 Å². The van der Waals surface area contributed by atoms with Gasteiger partial charge in [0.05, 0.1) is 6.10 Å². The van der Waals surface area contributed by atoms with Crippen LogP contribution in [0.4, 0.5) is 0 Å². The van der Waals surface area contributed by atoms with Gasteiger partial charge in [0.15, 0.2) is 0 Å². The van der Waals surface area contributed by atoms with Gasteiger partial charge in [-0.1, -0.05) is 37.1 Å². The summed E-state index contributed by atoms with van der Waals surface area (Å²) in [5.74, 6) is 0. The van der Waals surface area contributed by atoms with Crippen molar-refractivity contribution in [2.75, 3.05) is 0 Å². The number of allylic oxidation sites excluding steroid dienone is 1. The zero-order chi connectivity index (χ0) is 12.8. The molecule has 18 heavy (non-hydrogen) atoms. The van der Waals surface area contributed by atoms with E-state index in [4.69, 9.17) is 0 Å². The van der Waals surface area contributed by atoms with E-state index in [0.717, 1.165) is 5.56 Å². The Balaban J connectivity index is 2.03. The minimum Gasteiger partial charge on any atom is -0.389 e. The predicted octanol–water partition coefficient (Wildman–Crippen LogP) is 4.72. The lowest BCUT2D eigenvalue weighted by molar-refractivity contribution is 0.199. The van der Waals surface area contributed by atoms with Crippen LogP contribution in [0.25, 0.3) is 0 Å². The molecule has 0 fully saturated rings. The summed E-state index contributed by atoms with van der Waals surface area (Å²) in [5, 5.41) is 10.2. The number of benzene rings is 1. The zero-order valence-electron chi connectivity index (χ0n) is 11.0. The van der Waals surface area contributed by atoms with Gasteiger partial charge in [-0.3, -0.25) is 0 Å². The maximum Gasteiger partial charge on any atom is 0.0762 e. The third-order valence-electron chi connectivity index (χ3n) is 3.34. The SMILES string of the molecule is CC(O)c1cccc(SC2/C=C/CCCCC2)c1. The van der Waals surface area contributed by atoms with Crippen LogP contribution in [0, 0.1) is 0 Å². The van der Waals surface area contributed by atoms with Crippen LogP contribution >= 0.6 is 11.8 Å². The summed E-state index contributed by atoms with van der Waals surface area (Å²) >= 11 is 1.92. The number of hydrogen-bond donors (Lipinski definition) is 1. The molecular formula is C16H22OS. The van der Waals surface area contributed by atoms with Gasteiger partial charge in [0.1, 0.15) is 0 Å². The van der Waals surface area contributed by atoms with Crippen molar-refractivity contribution in [1.29, 1.82) is 0 Å². The molecule has 0 bridgehead atoms. The lowest BCUT2D eigenvalue weighted by Crippen LogP contribution is -2.01. The summed E-state index contributed by atoms with van der Waals surface area (Å²) in [5.41, 5.74) is 1.01. The Kier molecular flexibility index (Phi) is 5.33. The molecule has 2 atom stereocenters. The molecule has 1 aliphatic carbocycles. The first-order valence-corrected chi connectivity index (χ1v) is 7.75. The zero-order valence-corrected chi connectivity index (χ0v) is 11.8. The van der Waals surface area contributed by atoms with E-state index in [1.807, 2.05) is 30.8 Å². The van der Waals surface area contributed by atoms with Crippen molar-refractivity contribution in [2.24, 2.45) is 0 Å². The van der Waals surface area contributed by atoms with Crippen molar-refractivity contribution in [3.8, 4) is 0 Å². The second-order valence-electron chi connectivity index (χ2n) is 4.97. The van der Waals surface area contributed by atoms with E-state index in [-0.39, 0.29) is 6.10 Å². The Morgan fingerprint density at radius 3 is 3.00 bits per heavy atom. The molecule has 0 saturated carbocycles. The van der Waals surface area contributed by atoms with Gasteiger partial charge in [-0.05, 0) is 43.9 Å². The summed E-state index contributed by atoms with van der Waals surface area (Å²) in [6.45, 7) is 1.82. The van der Waals surface area contributed by atoms with Crippen molar-refractivity contribution in [2.45, 2.75) is 55.3 Å². The summed E-state index contributed by atoms with van der Waals surface area (Å²) in [4.78, 5) is 1.27. The first-order chi connectivity index (χ1) is 8.75. The molecule has 0 saturated heterocycles. The first-order valence-electron chi connectivity index (χ1n) is 6.87. The first kappa shape index (κ1) is 13.7. The van der Waals surface area contributed by atoms with E-state index in [1.54, 1.807) is 0 Å². The van der Waals surface area contributed by atoms with Gasteiger partial charge in [-0.2, -0.15) is 0 Å². The Morgan fingerprint density at radius 1 is 1.28 bits per heavy atom. The van der Waals surface area contributed by atoms with Crippen LogP contribution in [0.1, 0.15) is 50.7 Å². The second-order valence-corrected chi connectivity index (χ2v) is 6.28. The minimum atomic E-state index is -0.376. The molecule has 0 radical (unpaired) electrons. The van der Waals surface area contributed by atoms with Gasteiger partial charge in [0.25, 0.3) is 0 Å². The van der Waals surface area contributed by atoms with Crippen LogP contribution in [0.15, 0.2) is 41.3 Å². The number of hydrogen-bond acceptors (Lipinski definition) is 2. The van der Waals surface area contributed by atoms with Gasteiger partial charge in [0.2, 0.25) is 0 Å². The summed E-state index contributed by atoms with van der Waals surface area (Å²) < 4.78 is 0. The molecule has 0 aliphatic heterocycles. The molecule has 1 aliphatic rings. The van der Waals surface area contributed by atoms with Crippen molar-refractivity contribution >= 4 is 11.8 Å². The largest absolute Gasteiger partial charge is 0.389 e. The maximum absolute atomic E-state index is 9.61. The highest BCUT2D eigenvalue weighted by atomic mass is 32.2. The average molecular weight is 262 g/mol. The monoisotopic (exact) mass is 262 g/mol. The normalized spacial score (nSPS) is 24.0. The standard InChI is InChI=1S/C16H22OS/c1-13(17)14-8-7-11-16(12-14)18-15-9-5-3-2-4-6-10-15/h5,7-9,11-13,15,17H,2-4,6,10H2,1H3/b9-5+. The predicted molar refractivity (Wildman–Crippen MR) is 78.9 cm³/mol. The van der Waals surface area contributed by atoms with E-state index in [1.165, 1.54) is 37.0 Å². The molecule has 1 nitrogen and oxygen atoms in total. The third-order valence-corrected chi connectivity index (χ3v) is 4.56. The molecule has 2 heteroatoms. The van der Waals surface area contributed by atoms with E-state index >= 15 is 0 Å². The molecule has 0 amide bonds. The highest BCUT2D eigenvalue weighted by molar-refractivity contribution is 8.00. The van der Waals surface area contributed by atoms with E-state index in [2.05, 4.69) is 24.3 Å². The fourth-order valence-corrected chi connectivity index (χ4v) is 3.43. The second kappa shape index (κ2) is 7.01. The summed E-state index contributed by atoms with van der Waals surface area (Å²) in [6, 6.07) is 8.28. The molecule has 2 unspecified atom stereocenters. The highest BCUT2D eigenvalue weighted by Gasteiger charge is 2.10. The van der Waals surface area contributed by atoms with E-state index < -0.39 is 0 Å². The molecule has 1 N–H and O–H groups in total. The van der Waals surface area contributed by atoms with Crippen LogP contribution < -0.4 is 0 Å². The fraction of sp³-hybridized carbons (Fsp3) is 0.500. The van der Waals surface area contributed by atoms with Crippen molar-refractivity contribution < 1.29 is 5.11 Å². The van der Waals surface area contributed by atoms with Gasteiger partial charge in [0, 0.05) is 10.1 Å². The van der Waals surface area contributed by atoms with Crippen LogP contribution in [0.2, 0.25) is 0 Å². The topological polar surface area (TPSA) is 20.2 Å². The highest BCUT2D eigenvalue weighted by Crippen LogP contribution is 2.30. The summed E-state index contributed by atoms with van der Waals surface area (Å²) in [6.07, 6.45) is 10.8. The molecule has 0 heterocycles. The van der Waals surface area contributed by atoms with Gasteiger partial charge < -0.3 is 5.11 Å². The molecule has 2 rings (SSSR count). The molecule has 0 aromatic heterocycles. The molecular weight excluding hydrogens is 240 g/mol. The Morgan fingerprint density at radius 2 is 2.17 bits per heavy atom. The fourth-order valence-electron chi connectivity index (χ4n) is 2.25. The number of rotatable bonds is 3. The Hall–Kier alpha value is -0.730. The number of aliphatic hydroxyl groups excluding tert-OH is 1. The smallest absolute Gasteiger partial charge is 0.0762 e. The molecule has 1 aromatic rings. The number of thioether (sulfide) groups is 1. The van der Waals surface area contributed by atoms with Gasteiger partial charge in [-0.15, -0.1) is 11.8 Å². The van der Waals surface area contributed by atoms with Gasteiger partial charge in [-0.25, -0.2) is 0 Å².